The van der Waals surface area contributed by atoms with E-state index in [1.54, 1.807) is 18.2 Å². The molecule has 0 aliphatic heterocycles. The first-order valence-corrected chi connectivity index (χ1v) is 6.40. The Labute approximate surface area is 127 Å². The Morgan fingerprint density at radius 2 is 1.96 bits per heavy atom. The van der Waals surface area contributed by atoms with E-state index in [9.17, 15) is 18.0 Å². The number of ether oxygens (including phenoxy) is 1. The number of hydrogen-bond acceptors (Lipinski definition) is 3. The second-order valence-electron chi connectivity index (χ2n) is 4.72. The molecule has 3 aromatic rings. The number of H-pyrrole nitrogens is 1. The second kappa shape index (κ2) is 5.31. The Bertz CT molecular complexity index is 870. The number of carboxylic acids is 1. The first-order valence-electron chi connectivity index (χ1n) is 6.40. The van der Waals surface area contributed by atoms with Gasteiger partial charge in [-0.25, -0.2) is 9.78 Å². The fourth-order valence-electron chi connectivity index (χ4n) is 2.02. The van der Waals surface area contributed by atoms with Gasteiger partial charge in [0.1, 0.15) is 11.4 Å². The highest BCUT2D eigenvalue weighted by Gasteiger charge is 2.30. The minimum absolute atomic E-state index is 0.00587. The molecule has 0 atom stereocenters. The number of hydrogen-bond donors (Lipinski definition) is 2. The first kappa shape index (κ1) is 14.9. The second-order valence-corrected chi connectivity index (χ2v) is 4.72. The van der Waals surface area contributed by atoms with Gasteiger partial charge < -0.3 is 14.8 Å². The fraction of sp³-hybridized carbons (Fsp3) is 0.0667. The number of carboxylic acid groups (broad SMARTS) is 1. The van der Waals surface area contributed by atoms with E-state index >= 15 is 0 Å². The lowest BCUT2D eigenvalue weighted by Gasteiger charge is -2.08. The van der Waals surface area contributed by atoms with Gasteiger partial charge in [0.05, 0.1) is 5.56 Å². The van der Waals surface area contributed by atoms with Crippen molar-refractivity contribution in [3.8, 4) is 11.6 Å². The predicted molar refractivity (Wildman–Crippen MR) is 74.6 cm³/mol. The number of aromatic nitrogens is 2. The molecular formula is C15H9F3N2O3. The number of nitrogens with zero attached hydrogens (tertiary/aromatic N) is 1. The van der Waals surface area contributed by atoms with Crippen LogP contribution in [-0.2, 0) is 6.18 Å². The average molecular weight is 322 g/mol. The minimum Gasteiger partial charge on any atom is -0.477 e. The summed E-state index contributed by atoms with van der Waals surface area (Å²) in [5.41, 5.74) is -0.225. The Morgan fingerprint density at radius 1 is 1.17 bits per heavy atom. The highest BCUT2D eigenvalue weighted by atomic mass is 19.4. The molecule has 0 spiro atoms. The summed E-state index contributed by atoms with van der Waals surface area (Å²) in [6.45, 7) is 0. The van der Waals surface area contributed by atoms with E-state index in [4.69, 9.17) is 9.84 Å². The maximum atomic E-state index is 12.5. The van der Waals surface area contributed by atoms with Crippen LogP contribution in [0.15, 0.2) is 42.6 Å². The monoisotopic (exact) mass is 322 g/mol. The zero-order valence-electron chi connectivity index (χ0n) is 11.4. The molecule has 2 heterocycles. The molecule has 0 amide bonds. The van der Waals surface area contributed by atoms with Crippen LogP contribution in [0.4, 0.5) is 13.2 Å². The van der Waals surface area contributed by atoms with Crippen LogP contribution in [-0.4, -0.2) is 21.0 Å². The number of nitrogens with one attached hydrogen (secondary N) is 1. The number of aromatic carboxylic acids is 1. The largest absolute Gasteiger partial charge is 0.477 e. The number of fused-ring (bicyclic) bond motifs is 1. The predicted octanol–water partition coefficient (Wildman–Crippen LogP) is 4.07. The van der Waals surface area contributed by atoms with E-state index in [2.05, 4.69) is 9.97 Å². The van der Waals surface area contributed by atoms with E-state index in [0.29, 0.717) is 22.8 Å². The smallest absolute Gasteiger partial charge is 0.417 e. The number of halogens is 3. The first-order chi connectivity index (χ1) is 10.8. The topological polar surface area (TPSA) is 75.2 Å². The lowest BCUT2D eigenvalue weighted by molar-refractivity contribution is -0.137. The van der Waals surface area contributed by atoms with E-state index in [-0.39, 0.29) is 11.6 Å². The average Bonchev–Trinajstić information content (AvgIpc) is 2.90. The van der Waals surface area contributed by atoms with Crippen molar-refractivity contribution in [1.82, 2.24) is 9.97 Å². The zero-order valence-corrected chi connectivity index (χ0v) is 11.4. The number of rotatable bonds is 3. The van der Waals surface area contributed by atoms with Crippen LogP contribution in [0.3, 0.4) is 0 Å². The minimum atomic E-state index is -4.46. The van der Waals surface area contributed by atoms with Crippen LogP contribution < -0.4 is 4.74 Å². The SMILES string of the molecule is O=C(O)c1cc2cc(Oc3ccc(C(F)(F)F)cn3)ccc2[nH]1. The third-order valence-electron chi connectivity index (χ3n) is 3.11. The molecule has 8 heteroatoms. The highest BCUT2D eigenvalue weighted by Crippen LogP contribution is 2.30. The summed E-state index contributed by atoms with van der Waals surface area (Å²) in [5, 5.41) is 9.52. The summed E-state index contributed by atoms with van der Waals surface area (Å²) in [5.74, 6) is -0.750. The van der Waals surface area contributed by atoms with Crippen molar-refractivity contribution in [1.29, 1.82) is 0 Å². The molecule has 3 rings (SSSR count). The van der Waals surface area contributed by atoms with Gasteiger partial charge in [0.15, 0.2) is 0 Å². The Hall–Kier alpha value is -3.03. The third kappa shape index (κ3) is 3.10. The molecule has 23 heavy (non-hydrogen) atoms. The molecule has 0 aliphatic carbocycles. The zero-order chi connectivity index (χ0) is 16.6. The fourth-order valence-corrected chi connectivity index (χ4v) is 2.02. The molecule has 2 N–H and O–H groups in total. The number of alkyl halides is 3. The van der Waals surface area contributed by atoms with Crippen molar-refractivity contribution < 1.29 is 27.8 Å². The van der Waals surface area contributed by atoms with Gasteiger partial charge in [0.2, 0.25) is 5.88 Å². The van der Waals surface area contributed by atoms with Crippen molar-refractivity contribution in [2.24, 2.45) is 0 Å². The van der Waals surface area contributed by atoms with Crippen molar-refractivity contribution in [3.05, 3.63) is 53.9 Å². The van der Waals surface area contributed by atoms with Crippen molar-refractivity contribution >= 4 is 16.9 Å². The number of aromatic amines is 1. The molecule has 0 bridgehead atoms. The van der Waals surface area contributed by atoms with Crippen LogP contribution in [0.5, 0.6) is 11.6 Å². The van der Waals surface area contributed by atoms with Gasteiger partial charge >= 0.3 is 12.1 Å². The van der Waals surface area contributed by atoms with Gasteiger partial charge in [-0.3, -0.25) is 0 Å². The van der Waals surface area contributed by atoms with E-state index in [1.165, 1.54) is 6.07 Å². The van der Waals surface area contributed by atoms with Crippen molar-refractivity contribution in [2.45, 2.75) is 6.18 Å². The molecule has 2 aromatic heterocycles. The van der Waals surface area contributed by atoms with Gasteiger partial charge in [-0.1, -0.05) is 0 Å². The van der Waals surface area contributed by atoms with Crippen molar-refractivity contribution in [3.63, 3.8) is 0 Å². The van der Waals surface area contributed by atoms with E-state index < -0.39 is 17.7 Å². The summed E-state index contributed by atoms with van der Waals surface area (Å²) in [4.78, 5) is 17.2. The number of benzene rings is 1. The summed E-state index contributed by atoms with van der Waals surface area (Å²) >= 11 is 0. The Kier molecular flexibility index (Phi) is 3.44. The maximum Gasteiger partial charge on any atom is 0.417 e. The molecule has 0 radical (unpaired) electrons. The quantitative estimate of drug-likeness (QED) is 0.762. The molecule has 0 unspecified atom stereocenters. The number of carbonyl (C=O) groups is 1. The summed E-state index contributed by atoms with van der Waals surface area (Å²) in [7, 11) is 0. The van der Waals surface area contributed by atoms with Crippen LogP contribution in [0.1, 0.15) is 16.1 Å². The van der Waals surface area contributed by atoms with Crippen molar-refractivity contribution in [2.75, 3.05) is 0 Å². The molecular weight excluding hydrogens is 313 g/mol. The molecule has 5 nitrogen and oxygen atoms in total. The summed E-state index contributed by atoms with van der Waals surface area (Å²) in [6.07, 6.45) is -3.77. The van der Waals surface area contributed by atoms with Crippen LogP contribution >= 0.6 is 0 Å². The lowest BCUT2D eigenvalue weighted by Crippen LogP contribution is -2.05. The molecule has 118 valence electrons. The van der Waals surface area contributed by atoms with Gasteiger partial charge in [-0.2, -0.15) is 13.2 Å². The van der Waals surface area contributed by atoms with E-state index in [0.717, 1.165) is 12.1 Å². The summed E-state index contributed by atoms with van der Waals surface area (Å²) < 4.78 is 42.8. The van der Waals surface area contributed by atoms with Crippen LogP contribution in [0.25, 0.3) is 10.9 Å². The lowest BCUT2D eigenvalue weighted by atomic mass is 10.2. The normalized spacial score (nSPS) is 11.6. The van der Waals surface area contributed by atoms with E-state index in [1.807, 2.05) is 0 Å². The number of pyridine rings is 1. The molecule has 1 aromatic carbocycles. The molecule has 0 saturated heterocycles. The highest BCUT2D eigenvalue weighted by molar-refractivity contribution is 5.94. The molecule has 0 saturated carbocycles. The molecule has 0 fully saturated rings. The van der Waals surface area contributed by atoms with Gasteiger partial charge in [0, 0.05) is 23.2 Å². The maximum absolute atomic E-state index is 12.5. The van der Waals surface area contributed by atoms with Crippen LogP contribution in [0, 0.1) is 0 Å². The third-order valence-corrected chi connectivity index (χ3v) is 3.11. The summed E-state index contributed by atoms with van der Waals surface area (Å²) in [6, 6.07) is 8.17. The Morgan fingerprint density at radius 3 is 2.57 bits per heavy atom. The van der Waals surface area contributed by atoms with Gasteiger partial charge in [-0.05, 0) is 30.3 Å². The molecule has 0 aliphatic rings. The Balaban J connectivity index is 1.85. The van der Waals surface area contributed by atoms with Crippen LogP contribution in [0.2, 0.25) is 0 Å². The van der Waals surface area contributed by atoms with Gasteiger partial charge in [-0.15, -0.1) is 0 Å². The van der Waals surface area contributed by atoms with Gasteiger partial charge in [0.25, 0.3) is 0 Å². The standard InChI is InChI=1S/C15H9F3N2O3/c16-15(17,18)9-1-4-13(19-7-9)23-10-2-3-11-8(5-10)6-12(20-11)14(21)22/h1-7,20H,(H,21,22).